The molecule has 2 heterocycles. The molecule has 0 amide bonds. The smallest absolute Gasteiger partial charge is 0.0575 e. The molecule has 2 nitrogen and oxygen atoms in total. The van der Waals surface area contributed by atoms with Crippen LogP contribution >= 0.6 is 11.8 Å². The minimum absolute atomic E-state index is 0.105. The van der Waals surface area contributed by atoms with Crippen molar-refractivity contribution in [3.63, 3.8) is 0 Å². The van der Waals surface area contributed by atoms with Crippen LogP contribution in [0, 0.1) is 0 Å². The van der Waals surface area contributed by atoms with E-state index in [4.69, 9.17) is 0 Å². The lowest BCUT2D eigenvalue weighted by Crippen LogP contribution is -2.51. The van der Waals surface area contributed by atoms with E-state index < -0.39 is 0 Å². The first kappa shape index (κ1) is 37.4. The molecule has 3 heteroatoms. The topological polar surface area (TPSA) is 6.48 Å². The van der Waals surface area contributed by atoms with E-state index in [1.54, 1.807) is 313 Å². The van der Waals surface area contributed by atoms with E-state index in [0.29, 0.717) is 0 Å². The fourth-order valence-corrected chi connectivity index (χ4v) is 30.4. The highest BCUT2D eigenvalue weighted by atomic mass is 32.2. The van der Waals surface area contributed by atoms with E-state index in [1.807, 2.05) is 11.8 Å². The summed E-state index contributed by atoms with van der Waals surface area (Å²) >= 11 is 1.89. The molecular weight excluding hydrogens is 1120 g/mol. The highest BCUT2D eigenvalue weighted by molar-refractivity contribution is 7.99. The molecule has 32 aromatic rings. The van der Waals surface area contributed by atoms with Crippen molar-refractivity contribution in [2.75, 3.05) is 18.5 Å². The lowest BCUT2D eigenvalue weighted by atomic mass is 9.47. The summed E-state index contributed by atoms with van der Waals surface area (Å²) in [5, 5.41) is 90.0. The van der Waals surface area contributed by atoms with Crippen molar-refractivity contribution in [1.82, 2.24) is 4.90 Å². The number of likely N-dealkylation sites (tertiary alicyclic amines) is 1. The standard InChI is InChI=1S/C88H24N2S/c1-89-19-87-82-74-66-56-46-38-30-28-29-32-36-34(30)42-50-44(36)54-48-40(32)41-33(29)37-35-31(28)39(38)47-53-43(35)51-45(37)55-49(41)59-58(48)70-64(54)72-62(50)68(60(66)52(42)46)76(82)78(72)84-80(70)81-71(59)65(55)73-63(51)69-61(53)67(57(47)56)75(74)83(87)77(69)79(73)85(81)88(84,87)86(89)23-16-14-22(15-17-23)21-12-10-20(11-13-21)18-90-24-6-2-4-8-26(24)91-27-9-5-3-7-25(27)90/h2-17,86H,18-19H2,1H3. The van der Waals surface area contributed by atoms with Crippen LogP contribution in [0.2, 0.25) is 0 Å². The van der Waals surface area contributed by atoms with Gasteiger partial charge in [0.15, 0.2) is 0 Å². The van der Waals surface area contributed by atoms with Crippen LogP contribution in [0.5, 0.6) is 0 Å². The van der Waals surface area contributed by atoms with Crippen molar-refractivity contribution < 1.29 is 0 Å². The second-order valence-corrected chi connectivity index (χ2v) is 32.8. The van der Waals surface area contributed by atoms with Crippen molar-refractivity contribution in [3.05, 3.63) is 130 Å². The first-order chi connectivity index (χ1) is 45.2. The van der Waals surface area contributed by atoms with Gasteiger partial charge in [-0.1, -0.05) is 84.6 Å². The molecule has 392 valence electrons. The Labute approximate surface area is 508 Å². The second-order valence-electron chi connectivity index (χ2n) is 31.7. The fraction of sp³-hybridized carbons (Fsp3) is 0.0682. The summed E-state index contributed by atoms with van der Waals surface area (Å²) in [5.41, 5.74) is 14.4. The molecule has 38 rings (SSSR count). The van der Waals surface area contributed by atoms with Gasteiger partial charge in [-0.05, 0) is 367 Å². The summed E-state index contributed by atoms with van der Waals surface area (Å²) in [7, 11) is 2.60. The van der Waals surface area contributed by atoms with Gasteiger partial charge >= 0.3 is 0 Å². The van der Waals surface area contributed by atoms with Gasteiger partial charge in [-0.2, -0.15) is 0 Å². The summed E-state index contributed by atoms with van der Waals surface area (Å²) in [5.74, 6) is 0. The number of likely N-dealkylation sites (N-methyl/N-ethyl adjacent to an activating group) is 1. The quantitative estimate of drug-likeness (QED) is 0.162. The highest BCUT2D eigenvalue weighted by Crippen LogP contribution is 2.87. The average Bonchev–Trinajstić information content (AvgIpc) is 1.38. The molecule has 2 spiro atoms. The number of rotatable bonds is 4. The van der Waals surface area contributed by atoms with Crippen molar-refractivity contribution in [3.8, 4) is 11.1 Å². The van der Waals surface area contributed by atoms with Gasteiger partial charge < -0.3 is 4.90 Å². The largest absolute Gasteiger partial charge is 0.335 e. The molecule has 0 bridgehead atoms. The number of hydrogen-bond donors (Lipinski definition) is 0. The van der Waals surface area contributed by atoms with Crippen LogP contribution in [-0.4, -0.2) is 18.5 Å². The average molecular weight is 1140 g/mol. The predicted molar refractivity (Wildman–Crippen MR) is 384 cm³/mol. The van der Waals surface area contributed by atoms with Crippen LogP contribution in [0.25, 0.3) is 302 Å². The molecule has 0 saturated carbocycles. The van der Waals surface area contributed by atoms with Crippen LogP contribution in [0.1, 0.15) is 39.4 Å². The molecule has 1 fully saturated rings. The molecule has 1 unspecified atom stereocenters. The predicted octanol–water partition coefficient (Wildman–Crippen LogP) is 23.5. The van der Waals surface area contributed by atoms with E-state index in [0.717, 1.165) is 13.1 Å². The van der Waals surface area contributed by atoms with Crippen LogP contribution in [0.15, 0.2) is 107 Å². The Kier molecular flexibility index (Phi) is 3.89. The van der Waals surface area contributed by atoms with E-state index in [-0.39, 0.29) is 16.9 Å². The normalized spacial score (nSPS) is 21.5. The van der Waals surface area contributed by atoms with Gasteiger partial charge in [0.1, 0.15) is 0 Å². The second kappa shape index (κ2) is 9.45. The SMILES string of the molecule is CN1CC23c4c5c6c7c8c9c(c%10c%11c2c2c4c4c%12c5c5c6c6c8c8c%13c9c9c%10c%10c%11c%11c2c2c4c4c%12c%12c5c5c6c8c6c8c%13c9c9c%10c%10c%11c2c2c4c4c%12c5c6c5c8c9c%10c2c45)C73C1c1ccc(-c2ccc(CN3c4ccccc4Sc4ccccc43)cc2)cc1. The molecule has 6 aliphatic rings. The Balaban J connectivity index is 0.757. The van der Waals surface area contributed by atoms with Crippen LogP contribution in [-0.2, 0) is 17.4 Å². The first-order valence-electron chi connectivity index (χ1n) is 33.5. The molecule has 0 N–H and O–H groups in total. The fourth-order valence-electron chi connectivity index (χ4n) is 29.3. The maximum atomic E-state index is 2.98. The van der Waals surface area contributed by atoms with E-state index >= 15 is 0 Å². The Morgan fingerprint density at radius 2 is 0.549 bits per heavy atom. The summed E-state index contributed by atoms with van der Waals surface area (Å²) in [6, 6.07) is 37.9. The lowest BCUT2D eigenvalue weighted by molar-refractivity contribution is 0.271. The van der Waals surface area contributed by atoms with Gasteiger partial charge in [0.25, 0.3) is 0 Å². The maximum absolute atomic E-state index is 2.98. The number of anilines is 2. The van der Waals surface area contributed by atoms with Gasteiger partial charge in [0.2, 0.25) is 0 Å². The number of benzene rings is 22. The summed E-state index contributed by atoms with van der Waals surface area (Å²) in [4.78, 5) is 8.14. The van der Waals surface area contributed by atoms with Gasteiger partial charge in [-0.25, -0.2) is 0 Å². The molecule has 4 aliphatic carbocycles. The Morgan fingerprint density at radius 3 is 0.846 bits per heavy atom. The molecule has 2 aliphatic heterocycles. The van der Waals surface area contributed by atoms with Crippen LogP contribution in [0.3, 0.4) is 0 Å². The maximum Gasteiger partial charge on any atom is 0.0575 e. The lowest BCUT2D eigenvalue weighted by Gasteiger charge is -2.52. The molecular formula is C88H24N2S. The van der Waals surface area contributed by atoms with E-state index in [2.05, 4.69) is 114 Å². The van der Waals surface area contributed by atoms with Gasteiger partial charge in [0.05, 0.1) is 22.2 Å². The van der Waals surface area contributed by atoms with E-state index in [9.17, 15) is 0 Å². The molecule has 1 atom stereocenters. The summed E-state index contributed by atoms with van der Waals surface area (Å²) in [6.45, 7) is 1.84. The molecule has 1 saturated heterocycles. The van der Waals surface area contributed by atoms with Gasteiger partial charge in [0, 0.05) is 28.9 Å². The number of hydrogen-bond acceptors (Lipinski definition) is 3. The number of para-hydroxylation sites is 2. The van der Waals surface area contributed by atoms with Crippen LogP contribution < -0.4 is 4.90 Å². The third-order valence-corrected chi connectivity index (χ3v) is 31.4. The van der Waals surface area contributed by atoms with Gasteiger partial charge in [-0.3, -0.25) is 4.90 Å². The van der Waals surface area contributed by atoms with Crippen molar-refractivity contribution in [2.45, 2.75) is 33.2 Å². The third-order valence-electron chi connectivity index (χ3n) is 30.3. The zero-order valence-corrected chi connectivity index (χ0v) is 48.3. The monoisotopic (exact) mass is 1140 g/mol. The minimum atomic E-state index is -0.375. The molecule has 0 radical (unpaired) electrons. The third kappa shape index (κ3) is 2.42. The highest BCUT2D eigenvalue weighted by Gasteiger charge is 2.76. The zero-order valence-electron chi connectivity index (χ0n) is 47.5. The van der Waals surface area contributed by atoms with Gasteiger partial charge in [-0.15, -0.1) is 0 Å². The molecule has 91 heavy (non-hydrogen) atoms. The Morgan fingerprint density at radius 1 is 0.297 bits per heavy atom. The number of fused-ring (bicyclic) bond motifs is 2. The molecule has 0 aromatic heterocycles. The Hall–Kier alpha value is -10.6. The van der Waals surface area contributed by atoms with Crippen molar-refractivity contribution in [1.29, 1.82) is 0 Å². The van der Waals surface area contributed by atoms with Crippen molar-refractivity contribution >= 4 is 314 Å². The van der Waals surface area contributed by atoms with Crippen molar-refractivity contribution in [2.24, 2.45) is 0 Å². The first-order valence-corrected chi connectivity index (χ1v) is 34.3. The minimum Gasteiger partial charge on any atom is -0.335 e. The number of nitrogens with zero attached hydrogens (tertiary/aromatic N) is 2. The summed E-state index contributed by atoms with van der Waals surface area (Å²) in [6.07, 6.45) is 0. The zero-order chi connectivity index (χ0) is 55.3. The Bertz CT molecular complexity index is 8590. The van der Waals surface area contributed by atoms with Crippen LogP contribution in [0.4, 0.5) is 11.4 Å². The molecule has 32 aromatic carbocycles. The summed E-state index contributed by atoms with van der Waals surface area (Å²) < 4.78 is 0. The van der Waals surface area contributed by atoms with E-state index in [1.165, 1.54) is 43.4 Å².